The normalized spacial score (nSPS) is 11.2. The molecule has 4 heteroatoms. The van der Waals surface area contributed by atoms with Gasteiger partial charge in [0.05, 0.1) is 0 Å². The Hall–Kier alpha value is -0.900. The number of rotatable bonds is 1. The highest BCUT2D eigenvalue weighted by Crippen LogP contribution is 1.60. The van der Waals surface area contributed by atoms with Crippen molar-refractivity contribution >= 4 is 0 Å². The van der Waals surface area contributed by atoms with E-state index in [1.807, 2.05) is 5.43 Å². The van der Waals surface area contributed by atoms with Crippen LogP contribution in [0.4, 0.5) is 0 Å². The molecular weight excluding hydrogens is 82.0 g/mol. The van der Waals surface area contributed by atoms with Gasteiger partial charge < -0.3 is 16.3 Å². The van der Waals surface area contributed by atoms with Crippen LogP contribution in [0.5, 0.6) is 0 Å². The zero-order valence-electron chi connectivity index (χ0n) is 3.18. The molecule has 0 aromatic rings. The lowest BCUT2D eigenvalue weighted by molar-refractivity contribution is 0.460. The van der Waals surface area contributed by atoms with E-state index >= 15 is 0 Å². The summed E-state index contributed by atoms with van der Waals surface area (Å²) in [6.07, 6.45) is 0.681. The summed E-state index contributed by atoms with van der Waals surface area (Å²) in [4.78, 5) is 0. The highest BCUT2D eigenvalue weighted by atomic mass is 16.2. The Labute approximate surface area is 35.4 Å². The highest BCUT2D eigenvalue weighted by molar-refractivity contribution is 4.82. The lowest BCUT2D eigenvalue weighted by Crippen LogP contribution is -2.26. The summed E-state index contributed by atoms with van der Waals surface area (Å²) in [5, 5.41) is 7.91. The topological polar surface area (TPSA) is 84.3 Å². The minimum absolute atomic E-state index is 0.0509. The van der Waals surface area contributed by atoms with Gasteiger partial charge in [0, 0.05) is 0 Å². The van der Waals surface area contributed by atoms with Crippen LogP contribution in [-0.4, -0.2) is 5.11 Å². The molecule has 0 atom stereocenters. The summed E-state index contributed by atoms with van der Waals surface area (Å²) in [5.74, 6) is 4.73. The molecule has 0 fully saturated rings. The third kappa shape index (κ3) is 1.42. The molecule has 0 unspecified atom stereocenters. The van der Waals surface area contributed by atoms with Crippen molar-refractivity contribution in [1.29, 1.82) is 0 Å². The lowest BCUT2D eigenvalue weighted by atomic mass is 10.8. The van der Waals surface area contributed by atoms with Crippen molar-refractivity contribution in [1.82, 2.24) is 5.43 Å². The van der Waals surface area contributed by atoms with E-state index in [9.17, 15) is 0 Å². The Balaban J connectivity index is 3.22. The summed E-state index contributed by atoms with van der Waals surface area (Å²) in [5.41, 5.74) is 6.85. The first kappa shape index (κ1) is 5.10. The second-order valence-corrected chi connectivity index (χ2v) is 0.729. The number of aliphatic hydroxyl groups excluding tert-OH is 1. The fourth-order valence-electron chi connectivity index (χ4n) is 0.0373. The number of hydrogen-bond acceptors (Lipinski definition) is 4. The monoisotopic (exact) mass is 89.1 g/mol. The van der Waals surface area contributed by atoms with Gasteiger partial charge in [0.25, 0.3) is 0 Å². The zero-order valence-corrected chi connectivity index (χ0v) is 3.18. The third-order valence-corrected chi connectivity index (χ3v) is 0.306. The first-order valence-electron chi connectivity index (χ1n) is 1.37. The van der Waals surface area contributed by atoms with Gasteiger partial charge in [0.1, 0.15) is 12.1 Å². The summed E-state index contributed by atoms with van der Waals surface area (Å²) in [7, 11) is 0. The second kappa shape index (κ2) is 2.34. The maximum absolute atomic E-state index is 7.91. The van der Waals surface area contributed by atoms with E-state index in [4.69, 9.17) is 10.8 Å². The Bertz CT molecular complexity index is 59.8. The van der Waals surface area contributed by atoms with E-state index in [1.165, 1.54) is 0 Å². The molecule has 4 nitrogen and oxygen atoms in total. The van der Waals surface area contributed by atoms with Gasteiger partial charge in [0.15, 0.2) is 0 Å². The Morgan fingerprint density at radius 2 is 2.33 bits per heavy atom. The Morgan fingerprint density at radius 1 is 1.83 bits per heavy atom. The van der Waals surface area contributed by atoms with E-state index in [2.05, 4.69) is 5.84 Å². The minimum Gasteiger partial charge on any atom is -0.512 e. The smallest absolute Gasteiger partial charge is 0.146 e. The molecule has 6 heavy (non-hydrogen) atoms. The second-order valence-electron chi connectivity index (χ2n) is 0.729. The van der Waals surface area contributed by atoms with Crippen LogP contribution in [0.1, 0.15) is 0 Å². The highest BCUT2D eigenvalue weighted by Gasteiger charge is 1.72. The molecule has 0 aliphatic heterocycles. The SMILES string of the molecule is NN/C(N)=C/O. The molecule has 0 aliphatic rings. The van der Waals surface area contributed by atoms with Crippen LogP contribution in [0.25, 0.3) is 0 Å². The van der Waals surface area contributed by atoms with Gasteiger partial charge in [-0.3, -0.25) is 0 Å². The predicted molar refractivity (Wildman–Crippen MR) is 22.2 cm³/mol. The standard InChI is InChI=1S/C2H7N3O/c3-2(1-6)5-4/h1,5-6H,3-4H2/b2-1+. The van der Waals surface area contributed by atoms with Crippen molar-refractivity contribution in [3.05, 3.63) is 12.1 Å². The average molecular weight is 89.1 g/mol. The zero-order chi connectivity index (χ0) is 4.99. The van der Waals surface area contributed by atoms with Crippen LogP contribution in [0.3, 0.4) is 0 Å². The van der Waals surface area contributed by atoms with Crippen molar-refractivity contribution < 1.29 is 5.11 Å². The molecule has 6 N–H and O–H groups in total. The summed E-state index contributed by atoms with van der Waals surface area (Å²) in [6, 6.07) is 0. The number of hydrazine groups is 1. The molecule has 0 radical (unpaired) electrons. The van der Waals surface area contributed by atoms with Gasteiger partial charge in [-0.05, 0) is 0 Å². The molecule has 0 saturated heterocycles. The van der Waals surface area contributed by atoms with Crippen LogP contribution < -0.4 is 17.0 Å². The minimum atomic E-state index is 0.0509. The molecule has 0 spiro atoms. The van der Waals surface area contributed by atoms with Gasteiger partial charge in [-0.25, -0.2) is 5.84 Å². The maximum Gasteiger partial charge on any atom is 0.146 e. The Kier molecular flexibility index (Phi) is 1.99. The average Bonchev–Trinajstić information content (AvgIpc) is 1.65. The van der Waals surface area contributed by atoms with Gasteiger partial charge >= 0.3 is 0 Å². The van der Waals surface area contributed by atoms with Gasteiger partial charge in [0.2, 0.25) is 0 Å². The third-order valence-electron chi connectivity index (χ3n) is 0.306. The molecule has 0 heterocycles. The largest absolute Gasteiger partial charge is 0.512 e. The van der Waals surface area contributed by atoms with Crippen LogP contribution in [-0.2, 0) is 0 Å². The van der Waals surface area contributed by atoms with Gasteiger partial charge in [-0.2, -0.15) is 0 Å². The van der Waals surface area contributed by atoms with E-state index in [0.717, 1.165) is 0 Å². The van der Waals surface area contributed by atoms with Crippen molar-refractivity contribution in [3.8, 4) is 0 Å². The quantitative estimate of drug-likeness (QED) is 0.184. The number of aliphatic hydroxyl groups is 1. The van der Waals surface area contributed by atoms with Crippen molar-refractivity contribution in [2.45, 2.75) is 0 Å². The molecule has 0 aromatic heterocycles. The number of nitrogens with one attached hydrogen (secondary N) is 1. The maximum atomic E-state index is 7.91. The lowest BCUT2D eigenvalue weighted by Gasteiger charge is -1.90. The fourth-order valence-corrected chi connectivity index (χ4v) is 0.0373. The molecule has 0 amide bonds. The fraction of sp³-hybridized carbons (Fsp3) is 0. The molecule has 0 rings (SSSR count). The molecule has 0 saturated carbocycles. The van der Waals surface area contributed by atoms with Crippen LogP contribution >= 0.6 is 0 Å². The van der Waals surface area contributed by atoms with E-state index in [1.54, 1.807) is 0 Å². The van der Waals surface area contributed by atoms with Crippen LogP contribution in [0.15, 0.2) is 12.1 Å². The van der Waals surface area contributed by atoms with Crippen molar-refractivity contribution in [2.75, 3.05) is 0 Å². The van der Waals surface area contributed by atoms with Crippen LogP contribution in [0, 0.1) is 0 Å². The molecular formula is C2H7N3O. The van der Waals surface area contributed by atoms with Crippen molar-refractivity contribution in [3.63, 3.8) is 0 Å². The first-order chi connectivity index (χ1) is 2.81. The number of hydrogen-bond donors (Lipinski definition) is 4. The number of nitrogens with two attached hydrogens (primary N) is 2. The molecule has 0 bridgehead atoms. The predicted octanol–water partition coefficient (Wildman–Crippen LogP) is -1.23. The first-order valence-corrected chi connectivity index (χ1v) is 1.37. The van der Waals surface area contributed by atoms with Crippen molar-refractivity contribution in [2.24, 2.45) is 11.6 Å². The van der Waals surface area contributed by atoms with E-state index in [0.29, 0.717) is 6.26 Å². The van der Waals surface area contributed by atoms with E-state index in [-0.39, 0.29) is 5.82 Å². The van der Waals surface area contributed by atoms with Gasteiger partial charge in [-0.1, -0.05) is 0 Å². The van der Waals surface area contributed by atoms with E-state index < -0.39 is 0 Å². The summed E-state index contributed by atoms with van der Waals surface area (Å²) >= 11 is 0. The Morgan fingerprint density at radius 3 is 2.33 bits per heavy atom. The van der Waals surface area contributed by atoms with Crippen LogP contribution in [0.2, 0.25) is 0 Å². The van der Waals surface area contributed by atoms with Gasteiger partial charge in [-0.15, -0.1) is 0 Å². The summed E-state index contributed by atoms with van der Waals surface area (Å²) < 4.78 is 0. The molecule has 0 aliphatic carbocycles. The molecule has 36 valence electrons. The molecule has 0 aromatic carbocycles. The summed E-state index contributed by atoms with van der Waals surface area (Å²) in [6.45, 7) is 0.